The molecule has 2 aromatic carbocycles. The van der Waals surface area contributed by atoms with Gasteiger partial charge in [-0.15, -0.1) is 0 Å². The van der Waals surface area contributed by atoms with E-state index in [1.807, 2.05) is 0 Å². The summed E-state index contributed by atoms with van der Waals surface area (Å²) in [6.07, 6.45) is 0. The van der Waals surface area contributed by atoms with Crippen molar-refractivity contribution in [2.75, 3.05) is 16.2 Å². The van der Waals surface area contributed by atoms with E-state index in [1.54, 1.807) is 12.1 Å². The Hall–Kier alpha value is -2.58. The fraction of sp³-hybridized carbons (Fsp3) is 0.125. The molecule has 132 valence electrons. The first-order valence-corrected chi connectivity index (χ1v) is 8.96. The first kappa shape index (κ1) is 18.8. The molecule has 9 heteroatoms. The minimum Gasteiger partial charge on any atom is -0.368 e. The van der Waals surface area contributed by atoms with Gasteiger partial charge in [0.25, 0.3) is 10.0 Å². The average molecular weight is 382 g/mol. The van der Waals surface area contributed by atoms with Crippen LogP contribution in [0.2, 0.25) is 5.02 Å². The monoisotopic (exact) mass is 381 g/mol. The van der Waals surface area contributed by atoms with Gasteiger partial charge in [-0.2, -0.15) is 0 Å². The third-order valence-corrected chi connectivity index (χ3v) is 5.18. The first-order chi connectivity index (χ1) is 11.7. The van der Waals surface area contributed by atoms with Crippen LogP contribution in [0, 0.1) is 0 Å². The molecule has 25 heavy (non-hydrogen) atoms. The Morgan fingerprint density at radius 3 is 2.32 bits per heavy atom. The predicted molar refractivity (Wildman–Crippen MR) is 95.9 cm³/mol. The summed E-state index contributed by atoms with van der Waals surface area (Å²) in [6, 6.07) is 11.7. The van der Waals surface area contributed by atoms with Crippen LogP contribution in [-0.2, 0) is 19.6 Å². The molecule has 0 aromatic heterocycles. The number of amides is 2. The number of hydrogen-bond donors (Lipinski definition) is 2. The quantitative estimate of drug-likeness (QED) is 0.797. The molecule has 0 atom stereocenters. The predicted octanol–water partition coefficient (Wildman–Crippen LogP) is 1.98. The van der Waals surface area contributed by atoms with Crippen molar-refractivity contribution in [2.24, 2.45) is 5.73 Å². The van der Waals surface area contributed by atoms with Crippen molar-refractivity contribution >= 4 is 44.8 Å². The summed E-state index contributed by atoms with van der Waals surface area (Å²) in [5.41, 5.74) is 5.87. The van der Waals surface area contributed by atoms with Gasteiger partial charge < -0.3 is 11.1 Å². The van der Waals surface area contributed by atoms with E-state index in [9.17, 15) is 18.0 Å². The molecule has 3 N–H and O–H groups in total. The van der Waals surface area contributed by atoms with Gasteiger partial charge in [0.15, 0.2) is 0 Å². The molecule has 0 unspecified atom stereocenters. The van der Waals surface area contributed by atoms with Crippen molar-refractivity contribution < 1.29 is 18.0 Å². The highest BCUT2D eigenvalue weighted by molar-refractivity contribution is 7.92. The van der Waals surface area contributed by atoms with Gasteiger partial charge in [-0.1, -0.05) is 17.7 Å². The van der Waals surface area contributed by atoms with Gasteiger partial charge in [0.05, 0.1) is 10.6 Å². The van der Waals surface area contributed by atoms with Crippen molar-refractivity contribution in [2.45, 2.75) is 11.8 Å². The molecule has 0 heterocycles. The smallest absolute Gasteiger partial charge is 0.264 e. The Kier molecular flexibility index (Phi) is 5.66. The molecule has 0 aliphatic carbocycles. The van der Waals surface area contributed by atoms with Crippen molar-refractivity contribution in [1.29, 1.82) is 0 Å². The Balaban J connectivity index is 2.44. The Labute approximate surface area is 150 Å². The molecule has 0 aliphatic heterocycles. The maximum Gasteiger partial charge on any atom is 0.264 e. The number of carbonyl (C=O) groups excluding carboxylic acids is 2. The number of rotatable bonds is 6. The van der Waals surface area contributed by atoms with Gasteiger partial charge in [0, 0.05) is 17.6 Å². The zero-order chi connectivity index (χ0) is 18.6. The molecule has 7 nitrogen and oxygen atoms in total. The van der Waals surface area contributed by atoms with E-state index in [4.69, 9.17) is 17.3 Å². The van der Waals surface area contributed by atoms with Gasteiger partial charge in [0.2, 0.25) is 11.8 Å². The van der Waals surface area contributed by atoms with Gasteiger partial charge >= 0.3 is 0 Å². The summed E-state index contributed by atoms with van der Waals surface area (Å²) in [4.78, 5) is 22.3. The molecule has 0 radical (unpaired) electrons. The van der Waals surface area contributed by atoms with Crippen LogP contribution in [-0.4, -0.2) is 26.8 Å². The molecule has 0 fully saturated rings. The molecular weight excluding hydrogens is 366 g/mol. The topological polar surface area (TPSA) is 110 Å². The molecule has 0 aliphatic rings. The Morgan fingerprint density at radius 2 is 1.80 bits per heavy atom. The Bertz CT molecular complexity index is 898. The molecule has 0 spiro atoms. The summed E-state index contributed by atoms with van der Waals surface area (Å²) in [6.45, 7) is 0.814. The summed E-state index contributed by atoms with van der Waals surface area (Å²) in [7, 11) is -4.05. The molecule has 2 rings (SSSR count). The van der Waals surface area contributed by atoms with E-state index in [0.29, 0.717) is 10.7 Å². The van der Waals surface area contributed by atoms with Crippen LogP contribution >= 0.6 is 11.6 Å². The van der Waals surface area contributed by atoms with Crippen LogP contribution in [0.15, 0.2) is 53.4 Å². The third kappa shape index (κ3) is 4.71. The minimum atomic E-state index is -4.05. The van der Waals surface area contributed by atoms with E-state index >= 15 is 0 Å². The zero-order valence-electron chi connectivity index (χ0n) is 13.3. The standard InChI is InChI=1S/C16H16ClN3O4S/c1-11(21)19-13-5-7-15(8-6-13)25(23,24)20(10-16(18)22)14-4-2-3-12(17)9-14/h2-9H,10H2,1H3,(H2,18,22)(H,19,21). The number of halogens is 1. The van der Waals surface area contributed by atoms with Crippen LogP contribution < -0.4 is 15.4 Å². The van der Waals surface area contributed by atoms with Crippen LogP contribution in [0.3, 0.4) is 0 Å². The van der Waals surface area contributed by atoms with Gasteiger partial charge in [0.1, 0.15) is 6.54 Å². The second kappa shape index (κ2) is 7.54. The molecular formula is C16H16ClN3O4S. The second-order valence-corrected chi connectivity index (χ2v) is 7.46. The third-order valence-electron chi connectivity index (χ3n) is 3.16. The molecule has 0 saturated carbocycles. The SMILES string of the molecule is CC(=O)Nc1ccc(S(=O)(=O)N(CC(N)=O)c2cccc(Cl)c2)cc1. The molecule has 0 saturated heterocycles. The highest BCUT2D eigenvalue weighted by Crippen LogP contribution is 2.26. The van der Waals surface area contributed by atoms with Crippen molar-refractivity contribution in [3.8, 4) is 0 Å². The van der Waals surface area contributed by atoms with E-state index in [-0.39, 0.29) is 16.5 Å². The van der Waals surface area contributed by atoms with E-state index in [0.717, 1.165) is 4.31 Å². The molecule has 2 amide bonds. The number of anilines is 2. The zero-order valence-corrected chi connectivity index (χ0v) is 14.8. The van der Waals surface area contributed by atoms with Gasteiger partial charge in [-0.25, -0.2) is 8.42 Å². The van der Waals surface area contributed by atoms with E-state index in [1.165, 1.54) is 43.3 Å². The first-order valence-electron chi connectivity index (χ1n) is 7.14. The minimum absolute atomic E-state index is 0.0529. The number of hydrogen-bond acceptors (Lipinski definition) is 4. The number of primary amides is 1. The van der Waals surface area contributed by atoms with Crippen LogP contribution in [0.25, 0.3) is 0 Å². The van der Waals surface area contributed by atoms with E-state index in [2.05, 4.69) is 5.32 Å². The Morgan fingerprint density at radius 1 is 1.16 bits per heavy atom. The number of nitrogens with zero attached hydrogens (tertiary/aromatic N) is 1. The van der Waals surface area contributed by atoms with Gasteiger partial charge in [-0.05, 0) is 42.5 Å². The van der Waals surface area contributed by atoms with E-state index < -0.39 is 22.5 Å². The van der Waals surface area contributed by atoms with Crippen LogP contribution in [0.1, 0.15) is 6.92 Å². The van der Waals surface area contributed by atoms with Crippen molar-refractivity contribution in [3.05, 3.63) is 53.6 Å². The maximum absolute atomic E-state index is 12.9. The summed E-state index contributed by atoms with van der Waals surface area (Å²) < 4.78 is 26.7. The van der Waals surface area contributed by atoms with Crippen molar-refractivity contribution in [1.82, 2.24) is 0 Å². The normalized spacial score (nSPS) is 11.0. The largest absolute Gasteiger partial charge is 0.368 e. The van der Waals surface area contributed by atoms with Crippen LogP contribution in [0.4, 0.5) is 11.4 Å². The maximum atomic E-state index is 12.9. The average Bonchev–Trinajstić information content (AvgIpc) is 2.52. The summed E-state index contributed by atoms with van der Waals surface area (Å²) in [5, 5.41) is 2.87. The number of carbonyl (C=O) groups is 2. The van der Waals surface area contributed by atoms with Crippen LogP contribution in [0.5, 0.6) is 0 Å². The highest BCUT2D eigenvalue weighted by Gasteiger charge is 2.26. The highest BCUT2D eigenvalue weighted by atomic mass is 35.5. The lowest BCUT2D eigenvalue weighted by Gasteiger charge is -2.23. The molecule has 2 aromatic rings. The fourth-order valence-electron chi connectivity index (χ4n) is 2.13. The molecule has 0 bridgehead atoms. The number of nitrogens with one attached hydrogen (secondary N) is 1. The summed E-state index contributed by atoms with van der Waals surface area (Å²) in [5.74, 6) is -1.08. The lowest BCUT2D eigenvalue weighted by Crippen LogP contribution is -2.38. The lowest BCUT2D eigenvalue weighted by molar-refractivity contribution is -0.116. The number of benzene rings is 2. The second-order valence-electron chi connectivity index (χ2n) is 5.16. The number of nitrogens with two attached hydrogens (primary N) is 1. The lowest BCUT2D eigenvalue weighted by atomic mass is 10.3. The summed E-state index contributed by atoms with van der Waals surface area (Å²) >= 11 is 5.91. The number of sulfonamides is 1. The van der Waals surface area contributed by atoms with Crippen molar-refractivity contribution in [3.63, 3.8) is 0 Å². The fourth-order valence-corrected chi connectivity index (χ4v) is 3.74. The van der Waals surface area contributed by atoms with Gasteiger partial charge in [-0.3, -0.25) is 13.9 Å².